The van der Waals surface area contributed by atoms with Gasteiger partial charge in [-0.3, -0.25) is 0 Å². The fourth-order valence-electron chi connectivity index (χ4n) is 2.12. The molecule has 0 atom stereocenters. The fourth-order valence-corrected chi connectivity index (χ4v) is 2.12. The van der Waals surface area contributed by atoms with Crippen LogP contribution in [0.2, 0.25) is 0 Å². The van der Waals surface area contributed by atoms with Crippen molar-refractivity contribution in [2.45, 2.75) is 19.8 Å². The van der Waals surface area contributed by atoms with Gasteiger partial charge in [0.2, 0.25) is 0 Å². The average Bonchev–Trinajstić information content (AvgIpc) is 2.80. The molecule has 2 rings (SSSR count). The number of hydrogen-bond donors (Lipinski definition) is 2. The zero-order valence-electron chi connectivity index (χ0n) is 11.8. The van der Waals surface area contributed by atoms with Crippen molar-refractivity contribution >= 4 is 0 Å². The second-order valence-corrected chi connectivity index (χ2v) is 4.60. The molecule has 19 heavy (non-hydrogen) atoms. The Morgan fingerprint density at radius 3 is 2.95 bits per heavy atom. The van der Waals surface area contributed by atoms with Crippen molar-refractivity contribution in [3.63, 3.8) is 0 Å². The summed E-state index contributed by atoms with van der Waals surface area (Å²) in [5.41, 5.74) is 3.21. The fraction of sp³-hybridized carbons (Fsp3) is 0.400. The molecule has 0 aliphatic rings. The molecule has 4 heteroatoms. The first-order chi connectivity index (χ1) is 9.24. The number of methoxy groups -OCH3 is 1. The number of hydrogen-bond acceptors (Lipinski definition) is 3. The Balaban J connectivity index is 2.19. The zero-order valence-corrected chi connectivity index (χ0v) is 11.8. The van der Waals surface area contributed by atoms with Crippen molar-refractivity contribution in [3.05, 3.63) is 35.8 Å². The Labute approximate surface area is 114 Å². The number of aromatic amines is 1. The van der Waals surface area contributed by atoms with E-state index in [1.165, 1.54) is 0 Å². The van der Waals surface area contributed by atoms with Gasteiger partial charge in [0.15, 0.2) is 0 Å². The number of H-pyrrole nitrogens is 1. The molecule has 0 saturated carbocycles. The number of benzene rings is 1. The van der Waals surface area contributed by atoms with Gasteiger partial charge in [0.05, 0.1) is 12.8 Å². The van der Waals surface area contributed by atoms with Gasteiger partial charge >= 0.3 is 0 Å². The van der Waals surface area contributed by atoms with Crippen LogP contribution in [0.15, 0.2) is 24.3 Å². The summed E-state index contributed by atoms with van der Waals surface area (Å²) in [5.74, 6) is 1.90. The third-order valence-electron chi connectivity index (χ3n) is 3.12. The van der Waals surface area contributed by atoms with Crippen LogP contribution in [0.3, 0.4) is 0 Å². The van der Waals surface area contributed by atoms with Crippen LogP contribution in [0, 0.1) is 6.92 Å². The lowest BCUT2D eigenvalue weighted by Gasteiger charge is -2.02. The maximum atomic E-state index is 5.26. The predicted octanol–water partition coefficient (Wildman–Crippen LogP) is 2.55. The maximum absolute atomic E-state index is 5.26. The molecule has 2 aromatic rings. The molecule has 0 radical (unpaired) electrons. The molecule has 0 unspecified atom stereocenters. The summed E-state index contributed by atoms with van der Waals surface area (Å²) < 4.78 is 5.26. The van der Waals surface area contributed by atoms with Gasteiger partial charge < -0.3 is 15.0 Å². The highest BCUT2D eigenvalue weighted by atomic mass is 16.5. The zero-order chi connectivity index (χ0) is 13.7. The lowest BCUT2D eigenvalue weighted by Crippen LogP contribution is -2.08. The first-order valence-electron chi connectivity index (χ1n) is 6.59. The Kier molecular flexibility index (Phi) is 4.58. The molecule has 0 bridgehead atoms. The van der Waals surface area contributed by atoms with Crippen LogP contribution in [0.25, 0.3) is 11.3 Å². The van der Waals surface area contributed by atoms with Gasteiger partial charge in [-0.25, -0.2) is 4.98 Å². The summed E-state index contributed by atoms with van der Waals surface area (Å²) in [6.45, 7) is 3.07. The van der Waals surface area contributed by atoms with E-state index in [0.29, 0.717) is 0 Å². The van der Waals surface area contributed by atoms with Gasteiger partial charge in [-0.1, -0.05) is 12.1 Å². The molecular weight excluding hydrogens is 238 g/mol. The summed E-state index contributed by atoms with van der Waals surface area (Å²) in [5, 5.41) is 3.15. The van der Waals surface area contributed by atoms with E-state index in [4.69, 9.17) is 4.74 Å². The summed E-state index contributed by atoms with van der Waals surface area (Å²) >= 11 is 0. The first-order valence-corrected chi connectivity index (χ1v) is 6.59. The largest absolute Gasteiger partial charge is 0.497 e. The lowest BCUT2D eigenvalue weighted by atomic mass is 10.1. The van der Waals surface area contributed by atoms with Crippen molar-refractivity contribution in [1.29, 1.82) is 0 Å². The molecular formula is C15H21N3O. The van der Waals surface area contributed by atoms with Crippen molar-refractivity contribution in [3.8, 4) is 17.0 Å². The minimum absolute atomic E-state index is 0.858. The first kappa shape index (κ1) is 13.6. The lowest BCUT2D eigenvalue weighted by molar-refractivity contribution is 0.415. The molecule has 1 aromatic heterocycles. The number of nitrogens with one attached hydrogen (secondary N) is 2. The highest BCUT2D eigenvalue weighted by molar-refractivity contribution is 5.63. The third kappa shape index (κ3) is 3.35. The molecule has 0 saturated heterocycles. The van der Waals surface area contributed by atoms with Crippen LogP contribution in [-0.4, -0.2) is 30.7 Å². The molecule has 0 amide bonds. The van der Waals surface area contributed by atoms with Crippen LogP contribution in [-0.2, 0) is 6.42 Å². The molecule has 4 nitrogen and oxygen atoms in total. The smallest absolute Gasteiger partial charge is 0.119 e. The van der Waals surface area contributed by atoms with Crippen LogP contribution < -0.4 is 10.1 Å². The summed E-state index contributed by atoms with van der Waals surface area (Å²) in [6.07, 6.45) is 2.05. The van der Waals surface area contributed by atoms with Crippen LogP contribution in [0.1, 0.15) is 17.9 Å². The minimum atomic E-state index is 0.858. The average molecular weight is 259 g/mol. The second-order valence-electron chi connectivity index (χ2n) is 4.60. The molecule has 102 valence electrons. The number of aryl methyl sites for hydroxylation is 2. The predicted molar refractivity (Wildman–Crippen MR) is 77.6 cm³/mol. The van der Waals surface area contributed by atoms with Gasteiger partial charge in [-0.2, -0.15) is 0 Å². The van der Waals surface area contributed by atoms with Crippen molar-refractivity contribution < 1.29 is 4.74 Å². The summed E-state index contributed by atoms with van der Waals surface area (Å²) in [4.78, 5) is 8.05. The van der Waals surface area contributed by atoms with Crippen LogP contribution in [0.5, 0.6) is 5.75 Å². The SMILES string of the molecule is CNCCCc1nc(-c2cccc(OC)c2)c(C)[nH]1. The van der Waals surface area contributed by atoms with Gasteiger partial charge in [-0.05, 0) is 39.1 Å². The molecule has 2 N–H and O–H groups in total. The number of nitrogens with zero attached hydrogens (tertiary/aromatic N) is 1. The molecule has 1 aromatic carbocycles. The highest BCUT2D eigenvalue weighted by Gasteiger charge is 2.09. The van der Waals surface area contributed by atoms with Crippen molar-refractivity contribution in [2.75, 3.05) is 20.7 Å². The minimum Gasteiger partial charge on any atom is -0.497 e. The van der Waals surface area contributed by atoms with Crippen LogP contribution in [0.4, 0.5) is 0 Å². The normalized spacial score (nSPS) is 10.7. The van der Waals surface area contributed by atoms with E-state index in [-0.39, 0.29) is 0 Å². The monoisotopic (exact) mass is 259 g/mol. The van der Waals surface area contributed by atoms with Crippen molar-refractivity contribution in [2.24, 2.45) is 0 Å². The van der Waals surface area contributed by atoms with E-state index in [2.05, 4.69) is 28.3 Å². The Morgan fingerprint density at radius 2 is 2.21 bits per heavy atom. The summed E-state index contributed by atoms with van der Waals surface area (Å²) in [7, 11) is 3.65. The van der Waals surface area contributed by atoms with Gasteiger partial charge in [0.25, 0.3) is 0 Å². The van der Waals surface area contributed by atoms with E-state index in [9.17, 15) is 0 Å². The van der Waals surface area contributed by atoms with Gasteiger partial charge in [-0.15, -0.1) is 0 Å². The molecule has 0 aliphatic carbocycles. The third-order valence-corrected chi connectivity index (χ3v) is 3.12. The quantitative estimate of drug-likeness (QED) is 0.784. The van der Waals surface area contributed by atoms with E-state index in [1.807, 2.05) is 25.2 Å². The van der Waals surface area contributed by atoms with Gasteiger partial charge in [0.1, 0.15) is 11.6 Å². The number of ether oxygens (including phenoxy) is 1. The number of rotatable bonds is 6. The van der Waals surface area contributed by atoms with Crippen molar-refractivity contribution in [1.82, 2.24) is 15.3 Å². The Bertz CT molecular complexity index is 534. The van der Waals surface area contributed by atoms with Gasteiger partial charge in [0, 0.05) is 17.7 Å². The topological polar surface area (TPSA) is 49.9 Å². The maximum Gasteiger partial charge on any atom is 0.119 e. The van der Waals surface area contributed by atoms with E-state index in [1.54, 1.807) is 7.11 Å². The van der Waals surface area contributed by atoms with Crippen LogP contribution >= 0.6 is 0 Å². The van der Waals surface area contributed by atoms with E-state index >= 15 is 0 Å². The highest BCUT2D eigenvalue weighted by Crippen LogP contribution is 2.25. The second kappa shape index (κ2) is 6.38. The molecule has 0 aliphatic heterocycles. The number of imidazole rings is 1. The number of aromatic nitrogens is 2. The Morgan fingerprint density at radius 1 is 1.37 bits per heavy atom. The van der Waals surface area contributed by atoms with E-state index in [0.717, 1.165) is 47.9 Å². The molecule has 1 heterocycles. The molecule has 0 fully saturated rings. The van der Waals surface area contributed by atoms with E-state index < -0.39 is 0 Å². The standard InChI is InChI=1S/C15H21N3O/c1-11-15(12-6-4-7-13(10-12)19-3)18-14(17-11)8-5-9-16-2/h4,6-7,10,16H,5,8-9H2,1-3H3,(H,17,18). The molecule has 0 spiro atoms. The summed E-state index contributed by atoms with van der Waals surface area (Å²) in [6, 6.07) is 8.01. The Hall–Kier alpha value is -1.81.